The van der Waals surface area contributed by atoms with E-state index in [0.29, 0.717) is 34.2 Å². The van der Waals surface area contributed by atoms with Crippen LogP contribution in [0.3, 0.4) is 0 Å². The van der Waals surface area contributed by atoms with Gasteiger partial charge in [0, 0.05) is 53.3 Å². The van der Waals surface area contributed by atoms with Gasteiger partial charge in [-0.25, -0.2) is 15.0 Å². The second-order valence-electron chi connectivity index (χ2n) is 10.4. The van der Waals surface area contributed by atoms with Gasteiger partial charge in [-0.3, -0.25) is 0 Å². The highest BCUT2D eigenvalue weighted by Crippen LogP contribution is 2.41. The molecule has 0 aliphatic heterocycles. The Hall–Kier alpha value is -5.65. The van der Waals surface area contributed by atoms with E-state index in [2.05, 4.69) is 6.07 Å². The van der Waals surface area contributed by atoms with Gasteiger partial charge in [-0.15, -0.1) is 11.3 Å². The highest BCUT2D eigenvalue weighted by molar-refractivity contribution is 7.26. The summed E-state index contributed by atoms with van der Waals surface area (Å²) in [5.74, 6) is 1.71. The maximum atomic E-state index is 8.85. The van der Waals surface area contributed by atoms with Crippen molar-refractivity contribution in [3.8, 4) is 39.9 Å². The van der Waals surface area contributed by atoms with Crippen molar-refractivity contribution in [2.45, 2.75) is 0 Å². The minimum Gasteiger partial charge on any atom is -0.309 e. The Labute approximate surface area is 266 Å². The van der Waals surface area contributed by atoms with Crippen LogP contribution in [-0.4, -0.2) is 19.5 Å². The first-order chi connectivity index (χ1) is 24.3. The number of aromatic nitrogens is 4. The summed E-state index contributed by atoms with van der Waals surface area (Å²) >= 11 is 1.62. The van der Waals surface area contributed by atoms with Crippen LogP contribution in [0.5, 0.6) is 0 Å². The molecule has 0 saturated carbocycles. The van der Waals surface area contributed by atoms with E-state index in [1.165, 1.54) is 12.1 Å². The number of hydrogen-bond donors (Lipinski definition) is 0. The van der Waals surface area contributed by atoms with Gasteiger partial charge in [0.15, 0.2) is 17.5 Å². The van der Waals surface area contributed by atoms with E-state index in [4.69, 9.17) is 23.2 Å². The van der Waals surface area contributed by atoms with Gasteiger partial charge in [-0.2, -0.15) is 0 Å². The summed E-state index contributed by atoms with van der Waals surface area (Å²) in [5, 5.41) is 2.40. The van der Waals surface area contributed by atoms with Gasteiger partial charge in [0.2, 0.25) is 0 Å². The van der Waals surface area contributed by atoms with Gasteiger partial charge < -0.3 is 4.57 Å². The molecule has 3 heterocycles. The lowest BCUT2D eigenvalue weighted by atomic mass is 10.1. The van der Waals surface area contributed by atoms with Gasteiger partial charge in [-0.1, -0.05) is 109 Å². The van der Waals surface area contributed by atoms with Gasteiger partial charge in [0.05, 0.1) is 19.3 Å². The van der Waals surface area contributed by atoms with Crippen molar-refractivity contribution < 1.29 is 8.22 Å². The molecule has 0 radical (unpaired) electrons. The van der Waals surface area contributed by atoms with Crippen LogP contribution < -0.4 is 0 Å². The number of thiophene rings is 1. The number of rotatable bonds is 4. The number of benzene rings is 6. The molecule has 0 atom stereocenters. The molecule has 0 N–H and O–H groups in total. The van der Waals surface area contributed by atoms with Crippen LogP contribution in [0, 0.1) is 0 Å². The van der Waals surface area contributed by atoms with Crippen LogP contribution in [0.4, 0.5) is 0 Å². The van der Waals surface area contributed by atoms with E-state index in [0.717, 1.165) is 36.9 Å². The van der Waals surface area contributed by atoms with Crippen LogP contribution in [0.25, 0.3) is 81.8 Å². The molecule has 0 spiro atoms. The Bertz CT molecular complexity index is 2700. The fraction of sp³-hybridized carbons (Fsp3) is 0. The van der Waals surface area contributed by atoms with Crippen LogP contribution in [0.15, 0.2) is 145 Å². The Balaban J connectivity index is 1.30. The van der Waals surface area contributed by atoms with Gasteiger partial charge in [-0.05, 0) is 36.4 Å². The van der Waals surface area contributed by atoms with Crippen LogP contribution in [-0.2, 0) is 0 Å². The normalized spacial score (nSPS) is 13.5. The van der Waals surface area contributed by atoms with Crippen LogP contribution in [0.2, 0.25) is 0 Å². The summed E-state index contributed by atoms with van der Waals surface area (Å²) in [6.45, 7) is 0. The lowest BCUT2D eigenvalue weighted by Crippen LogP contribution is -2.00. The molecule has 0 saturated heterocycles. The summed E-state index contributed by atoms with van der Waals surface area (Å²) in [7, 11) is 0. The topological polar surface area (TPSA) is 43.6 Å². The standard InChI is InChI=1S/C39H24N4S/c1-3-12-25(13-4-1)37-40-38(26-14-5-2-6-15-26)42-39(41-37)31-19-11-18-30-32-24-27(22-23-35(32)44-36(30)31)43-33-20-9-7-16-28(33)29-17-8-10-21-34(29)43/h1-24H/i7D,8D,16D,17D,20D,21D. The first-order valence-electron chi connectivity index (χ1n) is 17.1. The molecule has 206 valence electrons. The second kappa shape index (κ2) is 9.97. The molecule has 0 amide bonds. The number of hydrogen-bond acceptors (Lipinski definition) is 4. The zero-order valence-electron chi connectivity index (χ0n) is 29.1. The van der Waals surface area contributed by atoms with Crippen molar-refractivity contribution >= 4 is 53.3 Å². The fourth-order valence-corrected chi connectivity index (χ4v) is 7.00. The van der Waals surface area contributed by atoms with Crippen molar-refractivity contribution in [2.24, 2.45) is 0 Å². The monoisotopic (exact) mass is 586 g/mol. The van der Waals surface area contributed by atoms with Gasteiger partial charge in [0.1, 0.15) is 0 Å². The summed E-state index contributed by atoms with van der Waals surface area (Å²) in [5.41, 5.74) is 3.95. The zero-order chi connectivity index (χ0) is 34.3. The average molecular weight is 587 g/mol. The molecule has 0 unspecified atom stereocenters. The number of para-hydroxylation sites is 2. The molecule has 9 rings (SSSR count). The molecule has 9 aromatic rings. The van der Waals surface area contributed by atoms with Crippen molar-refractivity contribution in [1.29, 1.82) is 0 Å². The SMILES string of the molecule is [2H]c1cc([2H])c2c(c1[2H])c1c([2H])c([2H])cc([2H])c1n2-c1ccc2sc3c(-c4nc(-c5ccccc5)nc(-c5ccccc5)n4)cccc3c2c1. The Kier molecular flexibility index (Phi) is 4.42. The first kappa shape index (κ1) is 19.5. The molecule has 0 aliphatic rings. The van der Waals surface area contributed by atoms with Gasteiger partial charge in [0.25, 0.3) is 0 Å². The van der Waals surface area contributed by atoms with E-state index in [9.17, 15) is 0 Å². The van der Waals surface area contributed by atoms with E-state index in [-0.39, 0.29) is 47.0 Å². The summed E-state index contributed by atoms with van der Waals surface area (Å²) in [4.78, 5) is 14.8. The highest BCUT2D eigenvalue weighted by Gasteiger charge is 2.18. The largest absolute Gasteiger partial charge is 0.309 e. The zero-order valence-corrected chi connectivity index (χ0v) is 23.9. The molecule has 0 fully saturated rings. The second-order valence-corrected chi connectivity index (χ2v) is 11.5. The van der Waals surface area contributed by atoms with E-state index < -0.39 is 0 Å². The third-order valence-corrected chi connectivity index (χ3v) is 9.03. The third-order valence-electron chi connectivity index (χ3n) is 7.81. The summed E-state index contributed by atoms with van der Waals surface area (Å²) in [6.07, 6.45) is 0. The Morgan fingerprint density at radius 3 is 1.77 bits per heavy atom. The molecule has 0 bridgehead atoms. The Morgan fingerprint density at radius 1 is 0.523 bits per heavy atom. The third kappa shape index (κ3) is 3.94. The maximum Gasteiger partial charge on any atom is 0.165 e. The molecule has 6 aromatic carbocycles. The van der Waals surface area contributed by atoms with E-state index in [1.54, 1.807) is 15.9 Å². The van der Waals surface area contributed by atoms with Crippen molar-refractivity contribution in [3.05, 3.63) is 145 Å². The quantitative estimate of drug-likeness (QED) is 0.206. The highest BCUT2D eigenvalue weighted by atomic mass is 32.1. The number of fused-ring (bicyclic) bond motifs is 6. The molecule has 5 heteroatoms. The predicted molar refractivity (Wildman–Crippen MR) is 183 cm³/mol. The summed E-state index contributed by atoms with van der Waals surface area (Å²) in [6, 6.07) is 33.8. The van der Waals surface area contributed by atoms with Crippen LogP contribution >= 0.6 is 11.3 Å². The first-order valence-corrected chi connectivity index (χ1v) is 14.9. The Morgan fingerprint density at radius 2 is 1.14 bits per heavy atom. The fourth-order valence-electron chi connectivity index (χ4n) is 5.80. The molecular weight excluding hydrogens is 557 g/mol. The van der Waals surface area contributed by atoms with Crippen molar-refractivity contribution in [1.82, 2.24) is 19.5 Å². The maximum absolute atomic E-state index is 8.85. The lowest BCUT2D eigenvalue weighted by molar-refractivity contribution is 1.08. The minimum absolute atomic E-state index is 0.0124. The van der Waals surface area contributed by atoms with Crippen molar-refractivity contribution in [2.75, 3.05) is 0 Å². The molecule has 0 aliphatic carbocycles. The predicted octanol–water partition coefficient (Wildman–Crippen LogP) is 10.3. The smallest absolute Gasteiger partial charge is 0.165 e. The molecule has 4 nitrogen and oxygen atoms in total. The van der Waals surface area contributed by atoms with E-state index in [1.807, 2.05) is 91.0 Å². The number of nitrogens with zero attached hydrogens (tertiary/aromatic N) is 4. The molecular formula is C39H24N4S. The summed E-state index contributed by atoms with van der Waals surface area (Å²) < 4.78 is 55.6. The molecule has 44 heavy (non-hydrogen) atoms. The van der Waals surface area contributed by atoms with E-state index >= 15 is 0 Å². The van der Waals surface area contributed by atoms with Crippen molar-refractivity contribution in [3.63, 3.8) is 0 Å². The van der Waals surface area contributed by atoms with Gasteiger partial charge >= 0.3 is 0 Å². The van der Waals surface area contributed by atoms with Crippen LogP contribution in [0.1, 0.15) is 8.22 Å². The average Bonchev–Trinajstić information content (AvgIpc) is 3.71. The minimum atomic E-state index is -0.140. The molecule has 3 aromatic heterocycles. The lowest BCUT2D eigenvalue weighted by Gasteiger charge is -2.09.